The van der Waals surface area contributed by atoms with Gasteiger partial charge in [-0.2, -0.15) is 0 Å². The van der Waals surface area contributed by atoms with Crippen molar-refractivity contribution >= 4 is 32.4 Å². The molecular weight excluding hydrogens is 278 g/mol. The molecule has 0 aliphatic rings. The summed E-state index contributed by atoms with van der Waals surface area (Å²) in [5, 5.41) is 1.06. The van der Waals surface area contributed by atoms with E-state index in [-0.39, 0.29) is 0 Å². The summed E-state index contributed by atoms with van der Waals surface area (Å²) in [7, 11) is 0. The molecule has 1 heterocycles. The van der Waals surface area contributed by atoms with E-state index in [4.69, 9.17) is 10.7 Å². The highest BCUT2D eigenvalue weighted by atomic mass is 32.1. The van der Waals surface area contributed by atoms with E-state index in [1.165, 1.54) is 10.3 Å². The smallest absolute Gasteiger partial charge is 0.186 e. The quantitative estimate of drug-likeness (QED) is 0.730. The highest BCUT2D eigenvalue weighted by molar-refractivity contribution is 7.22. The van der Waals surface area contributed by atoms with Crippen molar-refractivity contribution in [2.45, 2.75) is 26.4 Å². The number of hydrogen-bond donors (Lipinski definition) is 1. The molecule has 0 aliphatic carbocycles. The van der Waals surface area contributed by atoms with Crippen LogP contribution in [0.25, 0.3) is 10.2 Å². The van der Waals surface area contributed by atoms with Crippen LogP contribution in [0.15, 0.2) is 48.5 Å². The first kappa shape index (κ1) is 13.9. The molecule has 0 fully saturated rings. The molecule has 21 heavy (non-hydrogen) atoms. The normalized spacial score (nSPS) is 11.2. The summed E-state index contributed by atoms with van der Waals surface area (Å²) < 4.78 is 1.23. The van der Waals surface area contributed by atoms with Gasteiger partial charge in [-0.25, -0.2) is 4.98 Å². The Morgan fingerprint density at radius 2 is 1.95 bits per heavy atom. The van der Waals surface area contributed by atoms with Crippen molar-refractivity contribution < 1.29 is 0 Å². The fraction of sp³-hybridized carbons (Fsp3) is 0.235. The van der Waals surface area contributed by atoms with Crippen LogP contribution in [0.5, 0.6) is 0 Å². The molecule has 1 aromatic heterocycles. The summed E-state index contributed by atoms with van der Waals surface area (Å²) in [6.07, 6.45) is 0. The minimum Gasteiger partial charge on any atom is -0.399 e. The average molecular weight is 297 g/mol. The summed E-state index contributed by atoms with van der Waals surface area (Å²) in [4.78, 5) is 7.08. The van der Waals surface area contributed by atoms with E-state index in [1.807, 2.05) is 24.3 Å². The SMILES string of the molecule is CC(C)N(Cc1cccc(N)c1)c1nc2ccccc2s1. The van der Waals surface area contributed by atoms with E-state index in [1.54, 1.807) is 11.3 Å². The third kappa shape index (κ3) is 3.00. The second kappa shape index (κ2) is 5.74. The van der Waals surface area contributed by atoms with E-state index >= 15 is 0 Å². The van der Waals surface area contributed by atoms with Crippen LogP contribution in [0.1, 0.15) is 19.4 Å². The van der Waals surface area contributed by atoms with Gasteiger partial charge < -0.3 is 10.6 Å². The summed E-state index contributed by atoms with van der Waals surface area (Å²) in [6.45, 7) is 5.21. The number of para-hydroxylation sites is 1. The van der Waals surface area contributed by atoms with Crippen LogP contribution in [0.2, 0.25) is 0 Å². The number of anilines is 2. The van der Waals surface area contributed by atoms with Gasteiger partial charge in [0.15, 0.2) is 5.13 Å². The predicted octanol–water partition coefficient (Wildman–Crippen LogP) is 4.29. The standard InChI is InChI=1S/C17H19N3S/c1-12(2)20(11-13-6-5-7-14(18)10-13)17-19-15-8-3-4-9-16(15)21-17/h3-10,12H,11,18H2,1-2H3. The van der Waals surface area contributed by atoms with Crippen molar-refractivity contribution in [2.75, 3.05) is 10.6 Å². The Hall–Kier alpha value is -2.07. The molecule has 2 N–H and O–H groups in total. The molecular formula is C17H19N3S. The Balaban J connectivity index is 1.94. The first-order valence-corrected chi connectivity index (χ1v) is 7.92. The van der Waals surface area contributed by atoms with Gasteiger partial charge in [-0.15, -0.1) is 0 Å². The lowest BCUT2D eigenvalue weighted by Crippen LogP contribution is -2.29. The molecule has 3 nitrogen and oxygen atoms in total. The molecule has 0 saturated carbocycles. The van der Waals surface area contributed by atoms with Crippen molar-refractivity contribution in [1.82, 2.24) is 4.98 Å². The van der Waals surface area contributed by atoms with E-state index in [9.17, 15) is 0 Å². The molecule has 3 aromatic rings. The van der Waals surface area contributed by atoms with Crippen molar-refractivity contribution in [3.8, 4) is 0 Å². The first-order chi connectivity index (χ1) is 10.1. The van der Waals surface area contributed by atoms with Crippen LogP contribution in [-0.4, -0.2) is 11.0 Å². The predicted molar refractivity (Wildman–Crippen MR) is 91.8 cm³/mol. The first-order valence-electron chi connectivity index (χ1n) is 7.10. The third-order valence-electron chi connectivity index (χ3n) is 3.46. The zero-order valence-electron chi connectivity index (χ0n) is 12.3. The maximum absolute atomic E-state index is 5.88. The van der Waals surface area contributed by atoms with Gasteiger partial charge in [0.25, 0.3) is 0 Å². The van der Waals surface area contributed by atoms with Crippen molar-refractivity contribution in [3.63, 3.8) is 0 Å². The van der Waals surface area contributed by atoms with Crippen LogP contribution in [0.3, 0.4) is 0 Å². The number of rotatable bonds is 4. The van der Waals surface area contributed by atoms with Crippen LogP contribution in [0, 0.1) is 0 Å². The summed E-state index contributed by atoms with van der Waals surface area (Å²) in [6, 6.07) is 16.7. The van der Waals surface area contributed by atoms with Crippen molar-refractivity contribution in [1.29, 1.82) is 0 Å². The van der Waals surface area contributed by atoms with Gasteiger partial charge in [0.05, 0.1) is 10.2 Å². The highest BCUT2D eigenvalue weighted by Crippen LogP contribution is 2.30. The molecule has 4 heteroatoms. The van der Waals surface area contributed by atoms with Crippen molar-refractivity contribution in [2.24, 2.45) is 0 Å². The molecule has 0 amide bonds. The molecule has 0 spiro atoms. The zero-order valence-corrected chi connectivity index (χ0v) is 13.1. The topological polar surface area (TPSA) is 42.1 Å². The van der Waals surface area contributed by atoms with Gasteiger partial charge in [-0.05, 0) is 43.7 Å². The lowest BCUT2D eigenvalue weighted by atomic mass is 10.2. The van der Waals surface area contributed by atoms with Crippen LogP contribution < -0.4 is 10.6 Å². The van der Waals surface area contributed by atoms with Crippen LogP contribution >= 0.6 is 11.3 Å². The number of thiazole rings is 1. The molecule has 2 aromatic carbocycles. The number of benzene rings is 2. The van der Waals surface area contributed by atoms with Gasteiger partial charge in [0, 0.05) is 18.3 Å². The van der Waals surface area contributed by atoms with Gasteiger partial charge in [0.1, 0.15) is 0 Å². The Bertz CT molecular complexity index is 715. The molecule has 108 valence electrons. The van der Waals surface area contributed by atoms with E-state index < -0.39 is 0 Å². The molecule has 0 aliphatic heterocycles. The van der Waals surface area contributed by atoms with E-state index in [2.05, 4.69) is 43.0 Å². The molecule has 0 atom stereocenters. The molecule has 0 bridgehead atoms. The highest BCUT2D eigenvalue weighted by Gasteiger charge is 2.15. The molecule has 0 saturated heterocycles. The Morgan fingerprint density at radius 1 is 1.14 bits per heavy atom. The Labute approximate surface area is 129 Å². The lowest BCUT2D eigenvalue weighted by Gasteiger charge is -2.26. The number of hydrogen-bond acceptors (Lipinski definition) is 4. The fourth-order valence-corrected chi connectivity index (χ4v) is 3.44. The molecule has 3 rings (SSSR count). The van der Waals surface area contributed by atoms with Crippen LogP contribution in [-0.2, 0) is 6.54 Å². The van der Waals surface area contributed by atoms with E-state index in [0.29, 0.717) is 6.04 Å². The second-order valence-electron chi connectivity index (χ2n) is 5.43. The van der Waals surface area contributed by atoms with Gasteiger partial charge in [-0.3, -0.25) is 0 Å². The summed E-state index contributed by atoms with van der Waals surface area (Å²) in [5.74, 6) is 0. The summed E-state index contributed by atoms with van der Waals surface area (Å²) >= 11 is 1.74. The van der Waals surface area contributed by atoms with E-state index in [0.717, 1.165) is 22.9 Å². The minimum atomic E-state index is 0.381. The molecule has 0 unspecified atom stereocenters. The third-order valence-corrected chi connectivity index (χ3v) is 4.53. The van der Waals surface area contributed by atoms with Crippen LogP contribution in [0.4, 0.5) is 10.8 Å². The number of fused-ring (bicyclic) bond motifs is 1. The molecule has 0 radical (unpaired) electrons. The Kier molecular flexibility index (Phi) is 3.80. The van der Waals surface area contributed by atoms with Gasteiger partial charge >= 0.3 is 0 Å². The number of nitrogens with zero attached hydrogens (tertiary/aromatic N) is 2. The maximum atomic E-state index is 5.88. The Morgan fingerprint density at radius 3 is 2.67 bits per heavy atom. The van der Waals surface area contributed by atoms with Gasteiger partial charge in [-0.1, -0.05) is 35.6 Å². The van der Waals surface area contributed by atoms with Gasteiger partial charge in [0.2, 0.25) is 0 Å². The fourth-order valence-electron chi connectivity index (χ4n) is 2.34. The number of nitrogens with two attached hydrogens (primary N) is 1. The number of nitrogen functional groups attached to an aromatic ring is 1. The average Bonchev–Trinajstić information content (AvgIpc) is 2.88. The number of aromatic nitrogens is 1. The maximum Gasteiger partial charge on any atom is 0.186 e. The lowest BCUT2D eigenvalue weighted by molar-refractivity contribution is 0.681. The monoisotopic (exact) mass is 297 g/mol. The largest absolute Gasteiger partial charge is 0.399 e. The minimum absolute atomic E-state index is 0.381. The van der Waals surface area contributed by atoms with Crippen molar-refractivity contribution in [3.05, 3.63) is 54.1 Å². The summed E-state index contributed by atoms with van der Waals surface area (Å²) in [5.41, 5.74) is 8.96. The second-order valence-corrected chi connectivity index (χ2v) is 6.44. The zero-order chi connectivity index (χ0) is 14.8.